The molecule has 0 spiro atoms. The summed E-state index contributed by atoms with van der Waals surface area (Å²) in [7, 11) is 0. The minimum Gasteiger partial charge on any atom is -0.467 e. The summed E-state index contributed by atoms with van der Waals surface area (Å²) >= 11 is 0. The molecule has 1 aliphatic heterocycles. The van der Waals surface area contributed by atoms with Gasteiger partial charge in [0.25, 0.3) is 5.56 Å². The maximum absolute atomic E-state index is 13.1. The molecule has 4 rings (SSSR count). The molecule has 3 aromatic rings. The number of amides is 1. The summed E-state index contributed by atoms with van der Waals surface area (Å²) in [4.78, 5) is 40.2. The summed E-state index contributed by atoms with van der Waals surface area (Å²) in [5, 5.41) is 9.42. The van der Waals surface area contributed by atoms with Crippen molar-refractivity contribution in [3.63, 3.8) is 0 Å². The number of carbonyl (C=O) groups is 1. The van der Waals surface area contributed by atoms with E-state index in [1.807, 2.05) is 36.4 Å². The predicted octanol–water partition coefficient (Wildman–Crippen LogP) is 1.65. The van der Waals surface area contributed by atoms with Gasteiger partial charge in [-0.05, 0) is 30.5 Å². The van der Waals surface area contributed by atoms with Gasteiger partial charge in [-0.15, -0.1) is 0 Å². The summed E-state index contributed by atoms with van der Waals surface area (Å²) in [5.41, 5.74) is 0.0702. The number of benzene rings is 1. The Morgan fingerprint density at radius 2 is 1.93 bits per heavy atom. The van der Waals surface area contributed by atoms with Crippen LogP contribution in [0.3, 0.4) is 0 Å². The van der Waals surface area contributed by atoms with Gasteiger partial charge in [0.2, 0.25) is 5.91 Å². The standard InChI is InChI=1S/C22H20N4O4/c23-12-18-19-9-4-10-25(19)22(29)26(21(18)28)15-20(27)24(14-17-8-5-11-30-17)13-16-6-2-1-3-7-16/h1-3,5-8,11H,4,9-10,13-15H2. The number of hydrogen-bond donors (Lipinski definition) is 0. The Hall–Kier alpha value is -3.86. The van der Waals surface area contributed by atoms with Gasteiger partial charge in [-0.2, -0.15) is 5.26 Å². The lowest BCUT2D eigenvalue weighted by atomic mass is 10.2. The molecule has 0 radical (unpaired) electrons. The number of hydrogen-bond acceptors (Lipinski definition) is 5. The van der Waals surface area contributed by atoms with Crippen LogP contribution in [0.5, 0.6) is 0 Å². The highest BCUT2D eigenvalue weighted by atomic mass is 16.3. The van der Waals surface area contributed by atoms with Crippen LogP contribution in [0.4, 0.5) is 0 Å². The first kappa shape index (κ1) is 19.5. The molecule has 0 saturated carbocycles. The van der Waals surface area contributed by atoms with Crippen molar-refractivity contribution in [3.8, 4) is 6.07 Å². The number of rotatable bonds is 6. The first-order valence-corrected chi connectivity index (χ1v) is 9.69. The molecule has 0 N–H and O–H groups in total. The van der Waals surface area contributed by atoms with Crippen LogP contribution in [-0.4, -0.2) is 19.9 Å². The molecule has 0 fully saturated rings. The third-order valence-corrected chi connectivity index (χ3v) is 5.23. The summed E-state index contributed by atoms with van der Waals surface area (Å²) in [5.74, 6) is 0.187. The van der Waals surface area contributed by atoms with Gasteiger partial charge < -0.3 is 9.32 Å². The number of aromatic nitrogens is 2. The van der Waals surface area contributed by atoms with Crippen molar-refractivity contribution in [1.29, 1.82) is 5.26 Å². The van der Waals surface area contributed by atoms with Gasteiger partial charge in [0.1, 0.15) is 23.9 Å². The van der Waals surface area contributed by atoms with E-state index in [-0.39, 0.29) is 12.1 Å². The summed E-state index contributed by atoms with van der Waals surface area (Å²) in [6, 6.07) is 14.8. The Morgan fingerprint density at radius 3 is 2.63 bits per heavy atom. The van der Waals surface area contributed by atoms with Gasteiger partial charge in [0.15, 0.2) is 0 Å². The van der Waals surface area contributed by atoms with E-state index in [1.54, 1.807) is 12.1 Å². The smallest absolute Gasteiger partial charge is 0.331 e. The molecule has 1 amide bonds. The van der Waals surface area contributed by atoms with Crippen molar-refractivity contribution in [3.05, 3.63) is 92.1 Å². The zero-order chi connectivity index (χ0) is 21.1. The highest BCUT2D eigenvalue weighted by molar-refractivity contribution is 5.76. The maximum Gasteiger partial charge on any atom is 0.331 e. The van der Waals surface area contributed by atoms with Crippen LogP contribution in [0.2, 0.25) is 0 Å². The third kappa shape index (κ3) is 3.70. The van der Waals surface area contributed by atoms with E-state index in [2.05, 4.69) is 0 Å². The van der Waals surface area contributed by atoms with Crippen molar-refractivity contribution < 1.29 is 9.21 Å². The molecule has 0 aliphatic carbocycles. The normalized spacial score (nSPS) is 12.4. The van der Waals surface area contributed by atoms with Crippen LogP contribution in [0, 0.1) is 11.3 Å². The average Bonchev–Trinajstić information content (AvgIpc) is 3.44. The van der Waals surface area contributed by atoms with E-state index in [0.717, 1.165) is 10.1 Å². The van der Waals surface area contributed by atoms with Gasteiger partial charge in [-0.25, -0.2) is 9.36 Å². The van der Waals surface area contributed by atoms with Crippen molar-refractivity contribution in [2.24, 2.45) is 0 Å². The van der Waals surface area contributed by atoms with Crippen LogP contribution in [0.1, 0.15) is 29.0 Å². The minimum absolute atomic E-state index is 0.0551. The van der Waals surface area contributed by atoms with E-state index in [1.165, 1.54) is 15.7 Å². The first-order chi connectivity index (χ1) is 14.6. The van der Waals surface area contributed by atoms with E-state index < -0.39 is 23.7 Å². The molecule has 0 atom stereocenters. The topological polar surface area (TPSA) is 101 Å². The van der Waals surface area contributed by atoms with Crippen LogP contribution in [0.25, 0.3) is 0 Å². The van der Waals surface area contributed by atoms with Gasteiger partial charge in [-0.1, -0.05) is 30.3 Å². The summed E-state index contributed by atoms with van der Waals surface area (Å²) < 4.78 is 7.68. The first-order valence-electron chi connectivity index (χ1n) is 9.69. The second-order valence-corrected chi connectivity index (χ2v) is 7.18. The zero-order valence-electron chi connectivity index (χ0n) is 16.3. The molecule has 1 aliphatic rings. The van der Waals surface area contributed by atoms with Crippen molar-refractivity contribution in [2.45, 2.75) is 39.0 Å². The Labute approximate surface area is 172 Å². The molecule has 0 unspecified atom stereocenters. The highest BCUT2D eigenvalue weighted by Crippen LogP contribution is 2.14. The SMILES string of the molecule is N#Cc1c2n(c(=O)n(CC(=O)N(Cc3ccccc3)Cc3ccco3)c1=O)CCC2. The van der Waals surface area contributed by atoms with Crippen LogP contribution < -0.4 is 11.2 Å². The fourth-order valence-corrected chi connectivity index (χ4v) is 3.75. The molecule has 0 bridgehead atoms. The minimum atomic E-state index is -0.707. The lowest BCUT2D eigenvalue weighted by Gasteiger charge is -2.22. The molecule has 152 valence electrons. The second kappa shape index (κ2) is 8.25. The second-order valence-electron chi connectivity index (χ2n) is 7.18. The number of nitriles is 1. The predicted molar refractivity (Wildman–Crippen MR) is 107 cm³/mol. The fraction of sp³-hybridized carbons (Fsp3) is 0.273. The van der Waals surface area contributed by atoms with Gasteiger partial charge >= 0.3 is 5.69 Å². The molecule has 2 aromatic heterocycles. The number of furan rings is 1. The monoisotopic (exact) mass is 404 g/mol. The van der Waals surface area contributed by atoms with E-state index in [9.17, 15) is 19.6 Å². The van der Waals surface area contributed by atoms with Crippen LogP contribution in [0.15, 0.2) is 62.7 Å². The zero-order valence-corrected chi connectivity index (χ0v) is 16.3. The largest absolute Gasteiger partial charge is 0.467 e. The lowest BCUT2D eigenvalue weighted by Crippen LogP contribution is -2.45. The van der Waals surface area contributed by atoms with Gasteiger partial charge in [0.05, 0.1) is 12.8 Å². The third-order valence-electron chi connectivity index (χ3n) is 5.23. The molecule has 0 saturated heterocycles. The van der Waals surface area contributed by atoms with Crippen molar-refractivity contribution in [1.82, 2.24) is 14.0 Å². The molecule has 8 nitrogen and oxygen atoms in total. The summed E-state index contributed by atoms with van der Waals surface area (Å²) in [6.45, 7) is 0.511. The molecule has 1 aromatic carbocycles. The fourth-order valence-electron chi connectivity index (χ4n) is 3.75. The molecular formula is C22H20N4O4. The Bertz CT molecular complexity index is 1220. The van der Waals surface area contributed by atoms with Crippen LogP contribution in [-0.2, 0) is 37.4 Å². The average molecular weight is 404 g/mol. The molecule has 3 heterocycles. The Balaban J connectivity index is 1.67. The van der Waals surface area contributed by atoms with E-state index >= 15 is 0 Å². The molecule has 8 heteroatoms. The van der Waals surface area contributed by atoms with Crippen molar-refractivity contribution in [2.75, 3.05) is 0 Å². The number of fused-ring (bicyclic) bond motifs is 1. The Kier molecular flexibility index (Phi) is 5.35. The summed E-state index contributed by atoms with van der Waals surface area (Å²) in [6.07, 6.45) is 2.73. The maximum atomic E-state index is 13.1. The highest BCUT2D eigenvalue weighted by Gasteiger charge is 2.25. The van der Waals surface area contributed by atoms with Gasteiger partial charge in [0, 0.05) is 18.8 Å². The van der Waals surface area contributed by atoms with E-state index in [4.69, 9.17) is 4.42 Å². The molecular weight excluding hydrogens is 384 g/mol. The lowest BCUT2D eigenvalue weighted by molar-refractivity contribution is -0.133. The number of carbonyl (C=O) groups excluding carboxylic acids is 1. The van der Waals surface area contributed by atoms with Crippen LogP contribution >= 0.6 is 0 Å². The van der Waals surface area contributed by atoms with E-state index in [0.29, 0.717) is 37.4 Å². The molecule has 30 heavy (non-hydrogen) atoms. The quantitative estimate of drug-likeness (QED) is 0.622. The van der Waals surface area contributed by atoms with Crippen molar-refractivity contribution >= 4 is 5.91 Å². The number of nitrogens with zero attached hydrogens (tertiary/aromatic N) is 4. The van der Waals surface area contributed by atoms with Gasteiger partial charge in [-0.3, -0.25) is 14.2 Å². The Morgan fingerprint density at radius 1 is 1.13 bits per heavy atom.